The lowest BCUT2D eigenvalue weighted by molar-refractivity contribution is 0.305. The molecule has 0 fully saturated rings. The van der Waals surface area contributed by atoms with Gasteiger partial charge in [0, 0.05) is 23.6 Å². The summed E-state index contributed by atoms with van der Waals surface area (Å²) in [5, 5.41) is 7.20. The van der Waals surface area contributed by atoms with Gasteiger partial charge in [-0.3, -0.25) is 4.98 Å². The minimum atomic E-state index is 0.0817. The average Bonchev–Trinajstić information content (AvgIpc) is 2.66. The molecule has 5 heteroatoms. The van der Waals surface area contributed by atoms with E-state index >= 15 is 0 Å². The molecule has 0 aliphatic rings. The Kier molecular flexibility index (Phi) is 6.61. The van der Waals surface area contributed by atoms with E-state index < -0.39 is 0 Å². The minimum absolute atomic E-state index is 0.0817. The molecular weight excluding hydrogens is 366 g/mol. The Morgan fingerprint density at radius 1 is 1.07 bits per heavy atom. The number of nitrogens with one attached hydrogen (secondary N) is 2. The average molecular weight is 392 g/mol. The Balaban J connectivity index is 1.53. The van der Waals surface area contributed by atoms with Gasteiger partial charge in [-0.15, -0.1) is 0 Å². The number of rotatable bonds is 6. The van der Waals surface area contributed by atoms with Crippen LogP contribution in [-0.4, -0.2) is 10.1 Å². The maximum absolute atomic E-state index is 5.81. The molecule has 0 aliphatic carbocycles. The van der Waals surface area contributed by atoms with Gasteiger partial charge in [-0.05, 0) is 80.0 Å². The van der Waals surface area contributed by atoms with Gasteiger partial charge in [-0.2, -0.15) is 0 Å². The number of hydrogen-bond acceptors (Lipinski definition) is 3. The van der Waals surface area contributed by atoms with Gasteiger partial charge in [0.15, 0.2) is 5.11 Å². The first-order valence-electron chi connectivity index (χ1n) is 9.27. The van der Waals surface area contributed by atoms with Crippen LogP contribution in [0.3, 0.4) is 0 Å². The minimum Gasteiger partial charge on any atom is -0.489 e. The summed E-state index contributed by atoms with van der Waals surface area (Å²) < 4.78 is 5.81. The van der Waals surface area contributed by atoms with E-state index in [-0.39, 0.29) is 6.04 Å². The van der Waals surface area contributed by atoms with Crippen molar-refractivity contribution in [2.45, 2.75) is 33.4 Å². The van der Waals surface area contributed by atoms with Crippen molar-refractivity contribution in [2.75, 3.05) is 5.32 Å². The van der Waals surface area contributed by atoms with Gasteiger partial charge >= 0.3 is 0 Å². The van der Waals surface area contributed by atoms with Crippen molar-refractivity contribution in [3.63, 3.8) is 0 Å². The molecule has 28 heavy (non-hydrogen) atoms. The summed E-state index contributed by atoms with van der Waals surface area (Å²) in [6, 6.07) is 18.3. The first-order valence-corrected chi connectivity index (χ1v) is 9.68. The lowest BCUT2D eigenvalue weighted by Crippen LogP contribution is -2.30. The summed E-state index contributed by atoms with van der Waals surface area (Å²) in [4.78, 5) is 4.09. The van der Waals surface area contributed by atoms with Crippen LogP contribution >= 0.6 is 12.2 Å². The molecule has 1 aromatic heterocycles. The van der Waals surface area contributed by atoms with Crippen molar-refractivity contribution in [1.82, 2.24) is 10.3 Å². The van der Waals surface area contributed by atoms with Crippen LogP contribution in [0, 0.1) is 13.8 Å². The zero-order valence-electron chi connectivity index (χ0n) is 16.4. The van der Waals surface area contributed by atoms with Crippen molar-refractivity contribution >= 4 is 23.0 Å². The third-order valence-electron chi connectivity index (χ3n) is 4.34. The number of aryl methyl sites for hydroxylation is 2. The highest BCUT2D eigenvalue weighted by atomic mass is 32.1. The van der Waals surface area contributed by atoms with E-state index in [2.05, 4.69) is 66.7 Å². The predicted octanol–water partition coefficient (Wildman–Crippen LogP) is 5.33. The third-order valence-corrected chi connectivity index (χ3v) is 4.56. The number of nitrogens with zero attached hydrogens (tertiary/aromatic N) is 1. The number of hydrogen-bond donors (Lipinski definition) is 2. The number of aromatic nitrogens is 1. The monoisotopic (exact) mass is 391 g/mol. The number of anilines is 1. The van der Waals surface area contributed by atoms with E-state index in [4.69, 9.17) is 17.0 Å². The molecule has 1 unspecified atom stereocenters. The van der Waals surface area contributed by atoms with Gasteiger partial charge in [-0.1, -0.05) is 24.3 Å². The SMILES string of the molecule is Cc1cc(C)cc(NC(=S)NC(C)c2ccc(OCc3cccnc3)cc2)c1. The fourth-order valence-corrected chi connectivity index (χ4v) is 3.29. The number of thiocarbonyl (C=S) groups is 1. The highest BCUT2D eigenvalue weighted by Gasteiger charge is 2.08. The van der Waals surface area contributed by atoms with Gasteiger partial charge in [0.2, 0.25) is 0 Å². The van der Waals surface area contributed by atoms with Gasteiger partial charge in [0.25, 0.3) is 0 Å². The zero-order valence-corrected chi connectivity index (χ0v) is 17.2. The number of pyridine rings is 1. The molecule has 0 aliphatic heterocycles. The largest absolute Gasteiger partial charge is 0.489 e. The van der Waals surface area contributed by atoms with E-state index in [9.17, 15) is 0 Å². The van der Waals surface area contributed by atoms with Crippen LogP contribution in [0.1, 0.15) is 35.2 Å². The molecule has 2 aromatic carbocycles. The topological polar surface area (TPSA) is 46.2 Å². The third kappa shape index (κ3) is 5.79. The van der Waals surface area contributed by atoms with Gasteiger partial charge in [0.1, 0.15) is 12.4 Å². The summed E-state index contributed by atoms with van der Waals surface area (Å²) in [5.41, 5.74) is 5.60. The van der Waals surface area contributed by atoms with Crippen molar-refractivity contribution in [3.8, 4) is 5.75 Å². The van der Waals surface area contributed by atoms with E-state index in [0.717, 1.165) is 22.6 Å². The van der Waals surface area contributed by atoms with Crippen molar-refractivity contribution in [3.05, 3.63) is 89.2 Å². The molecule has 144 valence electrons. The molecular formula is C23H25N3OS. The standard InChI is InChI=1S/C23H25N3OS/c1-16-11-17(2)13-21(12-16)26-23(28)25-18(3)20-6-8-22(9-7-20)27-15-19-5-4-10-24-14-19/h4-14,18H,15H2,1-3H3,(H2,25,26,28). The molecule has 0 radical (unpaired) electrons. The predicted molar refractivity (Wildman–Crippen MR) is 119 cm³/mol. The lowest BCUT2D eigenvalue weighted by Gasteiger charge is -2.18. The van der Waals surface area contributed by atoms with Gasteiger partial charge < -0.3 is 15.4 Å². The fraction of sp³-hybridized carbons (Fsp3) is 0.217. The van der Waals surface area contributed by atoms with Crippen molar-refractivity contribution in [1.29, 1.82) is 0 Å². The summed E-state index contributed by atoms with van der Waals surface area (Å²) >= 11 is 5.47. The van der Waals surface area contributed by atoms with E-state index in [1.807, 2.05) is 30.5 Å². The Labute approximate surface area is 172 Å². The van der Waals surface area contributed by atoms with Crippen LogP contribution in [0.2, 0.25) is 0 Å². The van der Waals surface area contributed by atoms with E-state index in [0.29, 0.717) is 11.7 Å². The molecule has 3 aromatic rings. The molecule has 0 spiro atoms. The van der Waals surface area contributed by atoms with Gasteiger partial charge in [0.05, 0.1) is 6.04 Å². The highest BCUT2D eigenvalue weighted by molar-refractivity contribution is 7.80. The lowest BCUT2D eigenvalue weighted by atomic mass is 10.1. The molecule has 0 bridgehead atoms. The zero-order chi connectivity index (χ0) is 19.9. The Hall–Kier alpha value is -2.92. The Morgan fingerprint density at radius 3 is 2.43 bits per heavy atom. The first-order chi connectivity index (χ1) is 13.5. The smallest absolute Gasteiger partial charge is 0.171 e. The fourth-order valence-electron chi connectivity index (χ4n) is 3.00. The van der Waals surface area contributed by atoms with Crippen molar-refractivity contribution < 1.29 is 4.74 Å². The number of ether oxygens (including phenoxy) is 1. The second-order valence-electron chi connectivity index (χ2n) is 6.92. The summed E-state index contributed by atoms with van der Waals surface area (Å²) in [6.45, 7) is 6.75. The van der Waals surface area contributed by atoms with E-state index in [1.165, 1.54) is 11.1 Å². The molecule has 2 N–H and O–H groups in total. The Bertz CT molecular complexity index is 906. The van der Waals surface area contributed by atoms with Crippen LogP contribution in [0.4, 0.5) is 5.69 Å². The van der Waals surface area contributed by atoms with E-state index in [1.54, 1.807) is 6.20 Å². The first kappa shape index (κ1) is 19.8. The maximum Gasteiger partial charge on any atom is 0.171 e. The molecule has 4 nitrogen and oxygen atoms in total. The maximum atomic E-state index is 5.81. The summed E-state index contributed by atoms with van der Waals surface area (Å²) in [7, 11) is 0. The second kappa shape index (κ2) is 9.33. The second-order valence-corrected chi connectivity index (χ2v) is 7.32. The summed E-state index contributed by atoms with van der Waals surface area (Å²) in [6.07, 6.45) is 3.57. The summed E-state index contributed by atoms with van der Waals surface area (Å²) in [5.74, 6) is 0.829. The molecule has 3 rings (SSSR count). The van der Waals surface area contributed by atoms with Crippen LogP contribution in [0.5, 0.6) is 5.75 Å². The molecule has 0 amide bonds. The highest BCUT2D eigenvalue weighted by Crippen LogP contribution is 2.19. The normalized spacial score (nSPS) is 11.5. The quantitative estimate of drug-likeness (QED) is 0.557. The molecule has 0 saturated carbocycles. The van der Waals surface area contributed by atoms with Crippen molar-refractivity contribution in [2.24, 2.45) is 0 Å². The molecule has 0 saturated heterocycles. The molecule has 1 atom stereocenters. The van der Waals surface area contributed by atoms with Crippen LogP contribution < -0.4 is 15.4 Å². The molecule has 1 heterocycles. The number of benzene rings is 2. The van der Waals surface area contributed by atoms with Crippen LogP contribution in [0.15, 0.2) is 67.0 Å². The Morgan fingerprint density at radius 2 is 1.79 bits per heavy atom. The van der Waals surface area contributed by atoms with Crippen LogP contribution in [-0.2, 0) is 6.61 Å². The van der Waals surface area contributed by atoms with Gasteiger partial charge in [-0.25, -0.2) is 0 Å². The van der Waals surface area contributed by atoms with Crippen LogP contribution in [0.25, 0.3) is 0 Å².